The van der Waals surface area contributed by atoms with Crippen molar-refractivity contribution < 1.29 is 18.7 Å². The van der Waals surface area contributed by atoms with E-state index in [0.29, 0.717) is 22.1 Å². The molecule has 1 aromatic heterocycles. The van der Waals surface area contributed by atoms with Crippen molar-refractivity contribution in [1.29, 1.82) is 0 Å². The normalized spacial score (nSPS) is 10.7. The second-order valence-electron chi connectivity index (χ2n) is 4.77. The molecule has 1 N–H and O–H groups in total. The van der Waals surface area contributed by atoms with Gasteiger partial charge in [-0.25, -0.2) is 9.37 Å². The summed E-state index contributed by atoms with van der Waals surface area (Å²) < 4.78 is 24.4. The lowest BCUT2D eigenvalue weighted by Gasteiger charge is -2.05. The summed E-state index contributed by atoms with van der Waals surface area (Å²) in [5.74, 6) is 0.163. The topological polar surface area (TPSA) is 60.5 Å². The SMILES string of the molecule is COc1cc2nc(NC(=O)c3ccc(F)cc3Cl)sc2cc1OC. The molecule has 1 heterocycles. The molecule has 24 heavy (non-hydrogen) atoms. The van der Waals surface area contributed by atoms with Crippen LogP contribution in [0.2, 0.25) is 5.02 Å². The smallest absolute Gasteiger partial charge is 0.258 e. The predicted octanol–water partition coefficient (Wildman–Crippen LogP) is 4.36. The number of nitrogens with one attached hydrogen (secondary N) is 1. The zero-order valence-corrected chi connectivity index (χ0v) is 14.3. The fourth-order valence-electron chi connectivity index (χ4n) is 2.15. The van der Waals surface area contributed by atoms with Gasteiger partial charge in [0.05, 0.1) is 35.0 Å². The zero-order valence-electron chi connectivity index (χ0n) is 12.7. The molecular weight excluding hydrogens is 355 g/mol. The first-order valence-electron chi connectivity index (χ1n) is 6.81. The van der Waals surface area contributed by atoms with Crippen molar-refractivity contribution in [2.75, 3.05) is 19.5 Å². The number of benzene rings is 2. The van der Waals surface area contributed by atoms with Gasteiger partial charge in [-0.3, -0.25) is 10.1 Å². The van der Waals surface area contributed by atoms with Crippen molar-refractivity contribution >= 4 is 44.2 Å². The Morgan fingerprint density at radius 2 is 1.92 bits per heavy atom. The van der Waals surface area contributed by atoms with Gasteiger partial charge in [-0.15, -0.1) is 0 Å². The van der Waals surface area contributed by atoms with Gasteiger partial charge in [0.2, 0.25) is 0 Å². The van der Waals surface area contributed by atoms with Gasteiger partial charge in [-0.05, 0) is 18.2 Å². The second kappa shape index (κ2) is 6.62. The third-order valence-corrected chi connectivity index (χ3v) is 4.54. The molecular formula is C16H12ClFN2O3S. The molecule has 0 bridgehead atoms. The fourth-order valence-corrected chi connectivity index (χ4v) is 3.27. The van der Waals surface area contributed by atoms with Crippen LogP contribution in [0.1, 0.15) is 10.4 Å². The number of aromatic nitrogens is 1. The minimum absolute atomic E-state index is 0.0388. The number of thiazole rings is 1. The lowest BCUT2D eigenvalue weighted by atomic mass is 10.2. The van der Waals surface area contributed by atoms with Crippen LogP contribution in [0.4, 0.5) is 9.52 Å². The summed E-state index contributed by atoms with van der Waals surface area (Å²) in [6.45, 7) is 0. The predicted molar refractivity (Wildman–Crippen MR) is 92.1 cm³/mol. The molecule has 3 rings (SSSR count). The highest BCUT2D eigenvalue weighted by atomic mass is 35.5. The highest BCUT2D eigenvalue weighted by Crippen LogP contribution is 2.36. The number of fused-ring (bicyclic) bond motifs is 1. The Hall–Kier alpha value is -2.38. The van der Waals surface area contributed by atoms with E-state index in [4.69, 9.17) is 21.1 Å². The Labute approximate surface area is 146 Å². The third-order valence-electron chi connectivity index (χ3n) is 3.29. The van der Waals surface area contributed by atoms with E-state index < -0.39 is 11.7 Å². The molecule has 0 aliphatic heterocycles. The Bertz CT molecular complexity index is 888. The molecule has 0 fully saturated rings. The third kappa shape index (κ3) is 3.13. The Morgan fingerprint density at radius 3 is 2.58 bits per heavy atom. The molecule has 5 nitrogen and oxygen atoms in total. The van der Waals surface area contributed by atoms with Crippen molar-refractivity contribution in [3.8, 4) is 11.5 Å². The molecule has 0 radical (unpaired) electrons. The number of halogens is 2. The van der Waals surface area contributed by atoms with Gasteiger partial charge in [0, 0.05) is 12.1 Å². The number of carbonyl (C=O) groups excluding carboxylic acids is 1. The van der Waals surface area contributed by atoms with Crippen LogP contribution in [0, 0.1) is 5.82 Å². The summed E-state index contributed by atoms with van der Waals surface area (Å²) in [6.07, 6.45) is 0. The molecule has 2 aromatic carbocycles. The van der Waals surface area contributed by atoms with Gasteiger partial charge >= 0.3 is 0 Å². The molecule has 0 saturated heterocycles. The molecule has 0 unspecified atom stereocenters. The van der Waals surface area contributed by atoms with Crippen LogP contribution in [-0.4, -0.2) is 25.1 Å². The van der Waals surface area contributed by atoms with E-state index in [9.17, 15) is 9.18 Å². The molecule has 8 heteroatoms. The van der Waals surface area contributed by atoms with Crippen LogP contribution in [0.15, 0.2) is 30.3 Å². The quantitative estimate of drug-likeness (QED) is 0.745. The zero-order chi connectivity index (χ0) is 17.3. The number of carbonyl (C=O) groups is 1. The summed E-state index contributed by atoms with van der Waals surface area (Å²) in [6, 6.07) is 7.10. The van der Waals surface area contributed by atoms with E-state index >= 15 is 0 Å². The summed E-state index contributed by atoms with van der Waals surface area (Å²) in [5, 5.41) is 3.10. The van der Waals surface area contributed by atoms with Crippen molar-refractivity contribution in [2.45, 2.75) is 0 Å². The van der Waals surface area contributed by atoms with Crippen LogP contribution >= 0.6 is 22.9 Å². The molecule has 0 aliphatic rings. The monoisotopic (exact) mass is 366 g/mol. The molecule has 0 atom stereocenters. The maximum atomic E-state index is 13.1. The first-order valence-corrected chi connectivity index (χ1v) is 8.00. The van der Waals surface area contributed by atoms with Crippen LogP contribution < -0.4 is 14.8 Å². The maximum Gasteiger partial charge on any atom is 0.258 e. The van der Waals surface area contributed by atoms with Crippen LogP contribution in [0.25, 0.3) is 10.2 Å². The summed E-state index contributed by atoms with van der Waals surface area (Å²) in [5.41, 5.74) is 0.839. The Balaban J connectivity index is 1.91. The molecule has 3 aromatic rings. The van der Waals surface area contributed by atoms with Crippen molar-refractivity contribution in [2.24, 2.45) is 0 Å². The van der Waals surface area contributed by atoms with E-state index in [-0.39, 0.29) is 10.6 Å². The van der Waals surface area contributed by atoms with Gasteiger partial charge < -0.3 is 9.47 Å². The van der Waals surface area contributed by atoms with E-state index in [1.54, 1.807) is 19.2 Å². The number of methoxy groups -OCH3 is 2. The number of rotatable bonds is 4. The van der Waals surface area contributed by atoms with E-state index in [2.05, 4.69) is 10.3 Å². The van der Waals surface area contributed by atoms with Crippen molar-refractivity contribution in [3.63, 3.8) is 0 Å². The number of nitrogens with zero attached hydrogens (tertiary/aromatic N) is 1. The maximum absolute atomic E-state index is 13.1. The second-order valence-corrected chi connectivity index (χ2v) is 6.21. The highest BCUT2D eigenvalue weighted by Gasteiger charge is 2.15. The molecule has 124 valence electrons. The first-order chi connectivity index (χ1) is 11.5. The van der Waals surface area contributed by atoms with Crippen LogP contribution in [-0.2, 0) is 0 Å². The molecule has 0 saturated carbocycles. The minimum Gasteiger partial charge on any atom is -0.493 e. The molecule has 1 amide bonds. The van der Waals surface area contributed by atoms with Crippen molar-refractivity contribution in [3.05, 3.63) is 46.7 Å². The van der Waals surface area contributed by atoms with E-state index in [1.807, 2.05) is 0 Å². The number of anilines is 1. The van der Waals surface area contributed by atoms with Gasteiger partial charge in [0.15, 0.2) is 16.6 Å². The summed E-state index contributed by atoms with van der Waals surface area (Å²) in [7, 11) is 3.08. The standard InChI is InChI=1S/C16H12ClFN2O3S/c1-22-12-6-11-14(7-13(12)23-2)24-16(19-11)20-15(21)9-4-3-8(18)5-10(9)17/h3-7H,1-2H3,(H,19,20,21). The summed E-state index contributed by atoms with van der Waals surface area (Å²) in [4.78, 5) is 16.6. The van der Waals surface area contributed by atoms with Gasteiger partial charge in [-0.2, -0.15) is 0 Å². The lowest BCUT2D eigenvalue weighted by molar-refractivity contribution is 0.102. The molecule has 0 aliphatic carbocycles. The average molecular weight is 367 g/mol. The average Bonchev–Trinajstić information content (AvgIpc) is 2.94. The van der Waals surface area contributed by atoms with Crippen molar-refractivity contribution in [1.82, 2.24) is 4.98 Å². The lowest BCUT2D eigenvalue weighted by Crippen LogP contribution is -2.12. The van der Waals surface area contributed by atoms with Gasteiger partial charge in [-0.1, -0.05) is 22.9 Å². The highest BCUT2D eigenvalue weighted by molar-refractivity contribution is 7.22. The van der Waals surface area contributed by atoms with E-state index in [0.717, 1.165) is 10.8 Å². The van der Waals surface area contributed by atoms with Crippen LogP contribution in [0.3, 0.4) is 0 Å². The largest absolute Gasteiger partial charge is 0.493 e. The first kappa shape index (κ1) is 16.5. The molecule has 0 spiro atoms. The number of amides is 1. The van der Waals surface area contributed by atoms with Gasteiger partial charge in [0.1, 0.15) is 5.82 Å². The van der Waals surface area contributed by atoms with Gasteiger partial charge in [0.25, 0.3) is 5.91 Å². The van der Waals surface area contributed by atoms with Crippen LogP contribution in [0.5, 0.6) is 11.5 Å². The Kier molecular flexibility index (Phi) is 4.55. The number of hydrogen-bond acceptors (Lipinski definition) is 5. The fraction of sp³-hybridized carbons (Fsp3) is 0.125. The van der Waals surface area contributed by atoms with E-state index in [1.165, 1.54) is 30.6 Å². The number of ether oxygens (including phenoxy) is 2. The minimum atomic E-state index is -0.504. The Morgan fingerprint density at radius 1 is 1.21 bits per heavy atom. The summed E-state index contributed by atoms with van der Waals surface area (Å²) >= 11 is 7.18. The number of hydrogen-bond donors (Lipinski definition) is 1.